The molecule has 0 saturated carbocycles. The Morgan fingerprint density at radius 3 is 3.00 bits per heavy atom. The van der Waals surface area contributed by atoms with E-state index in [0.29, 0.717) is 43.6 Å². The Bertz CT molecular complexity index is 787. The quantitative estimate of drug-likeness (QED) is 0.433. The maximum atomic E-state index is 14.0. The summed E-state index contributed by atoms with van der Waals surface area (Å²) in [5.74, 6) is 0.311. The Labute approximate surface area is 163 Å². The fraction of sp³-hybridized carbons (Fsp3) is 0.400. The molecule has 6 nitrogen and oxygen atoms in total. The minimum Gasteiger partial charge on any atom is -0.490 e. The lowest BCUT2D eigenvalue weighted by atomic mass is 10.2. The molecule has 1 aliphatic heterocycles. The van der Waals surface area contributed by atoms with Gasteiger partial charge < -0.3 is 20.3 Å². The number of aliphatic imine (C=N–C) groups is 1. The highest BCUT2D eigenvalue weighted by Crippen LogP contribution is 2.24. The van der Waals surface area contributed by atoms with Crippen LogP contribution in [0.25, 0.3) is 0 Å². The number of halogens is 2. The van der Waals surface area contributed by atoms with Gasteiger partial charge in [-0.2, -0.15) is 0 Å². The lowest BCUT2D eigenvalue weighted by molar-refractivity contribution is 0.327. The molecule has 2 N–H and O–H groups in total. The number of aromatic nitrogens is 1. The Hall–Kier alpha value is -2.90. The van der Waals surface area contributed by atoms with Gasteiger partial charge in [-0.05, 0) is 37.6 Å². The van der Waals surface area contributed by atoms with Crippen LogP contribution in [0, 0.1) is 11.6 Å². The molecule has 0 amide bonds. The van der Waals surface area contributed by atoms with Gasteiger partial charge in [-0.1, -0.05) is 0 Å². The summed E-state index contributed by atoms with van der Waals surface area (Å²) in [6.45, 7) is 4.99. The first-order valence-electron chi connectivity index (χ1n) is 9.43. The summed E-state index contributed by atoms with van der Waals surface area (Å²) >= 11 is 0. The molecule has 2 heterocycles. The summed E-state index contributed by atoms with van der Waals surface area (Å²) in [5, 5.41) is 6.59. The maximum Gasteiger partial charge on any atom is 0.191 e. The number of hydrogen-bond donors (Lipinski definition) is 2. The average molecular weight is 389 g/mol. The van der Waals surface area contributed by atoms with Crippen LogP contribution < -0.4 is 20.3 Å². The zero-order chi connectivity index (χ0) is 19.8. The molecule has 2 aromatic rings. The first-order chi connectivity index (χ1) is 13.7. The number of guanidine groups is 1. The van der Waals surface area contributed by atoms with Gasteiger partial charge in [-0.25, -0.2) is 13.8 Å². The molecule has 8 heteroatoms. The lowest BCUT2D eigenvalue weighted by Gasteiger charge is -2.21. The van der Waals surface area contributed by atoms with E-state index in [2.05, 4.69) is 20.6 Å². The van der Waals surface area contributed by atoms with E-state index in [1.54, 1.807) is 12.4 Å². The van der Waals surface area contributed by atoms with Gasteiger partial charge in [0.15, 0.2) is 5.96 Å². The van der Waals surface area contributed by atoms with Gasteiger partial charge in [-0.15, -0.1) is 0 Å². The van der Waals surface area contributed by atoms with E-state index >= 15 is 0 Å². The van der Waals surface area contributed by atoms with Crippen LogP contribution in [-0.2, 0) is 0 Å². The highest BCUT2D eigenvalue weighted by Gasteiger charge is 2.25. The fourth-order valence-corrected chi connectivity index (χ4v) is 3.10. The average Bonchev–Trinajstić information content (AvgIpc) is 3.14. The Morgan fingerprint density at radius 1 is 1.36 bits per heavy atom. The smallest absolute Gasteiger partial charge is 0.191 e. The number of rotatable bonds is 7. The summed E-state index contributed by atoms with van der Waals surface area (Å²) in [5.41, 5.74) is 0.428. The third-order valence-electron chi connectivity index (χ3n) is 4.39. The molecule has 0 spiro atoms. The molecule has 1 aromatic carbocycles. The molecular formula is C20H25F2N5O. The third kappa shape index (κ3) is 5.55. The van der Waals surface area contributed by atoms with E-state index in [1.807, 2.05) is 24.0 Å². The van der Waals surface area contributed by atoms with Crippen molar-refractivity contribution in [1.82, 2.24) is 15.6 Å². The summed E-state index contributed by atoms with van der Waals surface area (Å²) < 4.78 is 32.7. The molecule has 0 bridgehead atoms. The summed E-state index contributed by atoms with van der Waals surface area (Å²) in [6.07, 6.45) is 4.20. The Morgan fingerprint density at radius 2 is 2.25 bits per heavy atom. The fourth-order valence-electron chi connectivity index (χ4n) is 3.10. The van der Waals surface area contributed by atoms with Crippen molar-refractivity contribution < 1.29 is 13.5 Å². The SMILES string of the molecule is CCNC(=NCCOc1cccnc1)NC1CCN(c2ccc(F)cc2F)C1. The molecule has 28 heavy (non-hydrogen) atoms. The van der Waals surface area contributed by atoms with Crippen molar-refractivity contribution >= 4 is 11.6 Å². The van der Waals surface area contributed by atoms with Crippen molar-refractivity contribution in [3.63, 3.8) is 0 Å². The molecule has 1 aromatic heterocycles. The van der Waals surface area contributed by atoms with Crippen molar-refractivity contribution in [3.8, 4) is 5.75 Å². The first-order valence-corrected chi connectivity index (χ1v) is 9.43. The minimum atomic E-state index is -0.565. The zero-order valence-electron chi connectivity index (χ0n) is 15.9. The summed E-state index contributed by atoms with van der Waals surface area (Å²) in [7, 11) is 0. The van der Waals surface area contributed by atoms with Crippen LogP contribution in [-0.4, -0.2) is 49.8 Å². The van der Waals surface area contributed by atoms with Crippen molar-refractivity contribution in [2.45, 2.75) is 19.4 Å². The second kappa shape index (κ2) is 9.87. The number of hydrogen-bond acceptors (Lipinski definition) is 4. The van der Waals surface area contributed by atoms with Gasteiger partial charge in [0, 0.05) is 37.9 Å². The predicted molar refractivity (Wildman–Crippen MR) is 106 cm³/mol. The number of nitrogens with one attached hydrogen (secondary N) is 2. The second-order valence-electron chi connectivity index (χ2n) is 6.47. The second-order valence-corrected chi connectivity index (χ2v) is 6.47. The van der Waals surface area contributed by atoms with Gasteiger partial charge in [0.05, 0.1) is 18.4 Å². The van der Waals surface area contributed by atoms with Gasteiger partial charge in [0.25, 0.3) is 0 Å². The van der Waals surface area contributed by atoms with Crippen LogP contribution in [0.4, 0.5) is 14.5 Å². The topological polar surface area (TPSA) is 61.8 Å². The molecule has 0 radical (unpaired) electrons. The number of benzene rings is 1. The van der Waals surface area contributed by atoms with Crippen molar-refractivity contribution in [1.29, 1.82) is 0 Å². The molecule has 1 atom stereocenters. The zero-order valence-corrected chi connectivity index (χ0v) is 15.9. The Kier molecular flexibility index (Phi) is 7.00. The normalized spacial score (nSPS) is 16.9. The van der Waals surface area contributed by atoms with Crippen molar-refractivity contribution in [3.05, 3.63) is 54.4 Å². The van der Waals surface area contributed by atoms with E-state index in [-0.39, 0.29) is 6.04 Å². The third-order valence-corrected chi connectivity index (χ3v) is 4.39. The number of pyridine rings is 1. The molecule has 3 rings (SSSR count). The largest absolute Gasteiger partial charge is 0.490 e. The van der Waals surface area contributed by atoms with Crippen molar-refractivity contribution in [2.24, 2.45) is 4.99 Å². The van der Waals surface area contributed by atoms with Crippen LogP contribution in [0.3, 0.4) is 0 Å². The van der Waals surface area contributed by atoms with Crippen molar-refractivity contribution in [2.75, 3.05) is 37.7 Å². The van der Waals surface area contributed by atoms with E-state index in [4.69, 9.17) is 4.74 Å². The highest BCUT2D eigenvalue weighted by atomic mass is 19.1. The van der Waals surface area contributed by atoms with Crippen LogP contribution in [0.5, 0.6) is 5.75 Å². The van der Waals surface area contributed by atoms with E-state index in [1.165, 1.54) is 12.1 Å². The summed E-state index contributed by atoms with van der Waals surface area (Å²) in [4.78, 5) is 10.4. The minimum absolute atomic E-state index is 0.126. The number of ether oxygens (including phenoxy) is 1. The number of anilines is 1. The van der Waals surface area contributed by atoms with E-state index in [9.17, 15) is 8.78 Å². The van der Waals surface area contributed by atoms with Crippen LogP contribution in [0.2, 0.25) is 0 Å². The van der Waals surface area contributed by atoms with Crippen LogP contribution in [0.1, 0.15) is 13.3 Å². The van der Waals surface area contributed by atoms with Gasteiger partial charge in [-0.3, -0.25) is 4.98 Å². The molecular weight excluding hydrogens is 364 g/mol. The molecule has 150 valence electrons. The maximum absolute atomic E-state index is 14.0. The van der Waals surface area contributed by atoms with Gasteiger partial charge >= 0.3 is 0 Å². The summed E-state index contributed by atoms with van der Waals surface area (Å²) in [6, 6.07) is 7.49. The molecule has 1 saturated heterocycles. The standard InChI is InChI=1S/C20H25F2N5O/c1-2-24-20(25-9-11-28-17-4-3-8-23-13-17)26-16-7-10-27(14-16)19-6-5-15(21)12-18(19)22/h3-6,8,12-13,16H,2,7,9-11,14H2,1H3,(H2,24,25,26). The molecule has 1 unspecified atom stereocenters. The predicted octanol–water partition coefficient (Wildman–Crippen LogP) is 2.57. The monoisotopic (exact) mass is 389 g/mol. The van der Waals surface area contributed by atoms with Gasteiger partial charge in [0.1, 0.15) is 24.0 Å². The molecule has 1 aliphatic rings. The van der Waals surface area contributed by atoms with E-state index < -0.39 is 11.6 Å². The van der Waals surface area contributed by atoms with Crippen LogP contribution in [0.15, 0.2) is 47.7 Å². The first kappa shape index (κ1) is 19.9. The van der Waals surface area contributed by atoms with Gasteiger partial charge in [0.2, 0.25) is 0 Å². The van der Waals surface area contributed by atoms with Crippen LogP contribution >= 0.6 is 0 Å². The number of nitrogens with zero attached hydrogens (tertiary/aromatic N) is 3. The molecule has 1 fully saturated rings. The lowest BCUT2D eigenvalue weighted by Crippen LogP contribution is -2.44. The Balaban J connectivity index is 1.51. The highest BCUT2D eigenvalue weighted by molar-refractivity contribution is 5.80. The van der Waals surface area contributed by atoms with E-state index in [0.717, 1.165) is 19.0 Å². The molecule has 0 aliphatic carbocycles.